The number of hydrogen-bond acceptors (Lipinski definition) is 7. The highest BCUT2D eigenvalue weighted by Crippen LogP contribution is 2.32. The van der Waals surface area contributed by atoms with Crippen molar-refractivity contribution >= 4 is 17.0 Å². The average Bonchev–Trinajstić information content (AvgIpc) is 3.02. The summed E-state index contributed by atoms with van der Waals surface area (Å²) < 4.78 is 7.38. The van der Waals surface area contributed by atoms with Gasteiger partial charge in [-0.1, -0.05) is 0 Å². The number of hydrogen-bond donors (Lipinski definition) is 3. The second kappa shape index (κ2) is 4.72. The first-order valence-corrected chi connectivity index (χ1v) is 6.04. The van der Waals surface area contributed by atoms with E-state index >= 15 is 0 Å². The summed E-state index contributed by atoms with van der Waals surface area (Å²) in [7, 11) is 0. The molecular formula is C11H15N5O3. The van der Waals surface area contributed by atoms with Crippen molar-refractivity contribution in [3.8, 4) is 0 Å². The minimum Gasteiger partial charge on any atom is -0.394 e. The Hall–Kier alpha value is -1.77. The van der Waals surface area contributed by atoms with Crippen LogP contribution in [0.5, 0.6) is 0 Å². The second-order valence-corrected chi connectivity index (χ2v) is 4.55. The maximum Gasteiger partial charge on any atom is 0.165 e. The van der Waals surface area contributed by atoms with Crippen LogP contribution in [0.2, 0.25) is 0 Å². The Morgan fingerprint density at radius 2 is 2.16 bits per heavy atom. The van der Waals surface area contributed by atoms with Gasteiger partial charge in [-0.3, -0.25) is 0 Å². The molecule has 4 N–H and O–H groups in total. The molecule has 2 aromatic rings. The zero-order chi connectivity index (χ0) is 13.4. The summed E-state index contributed by atoms with van der Waals surface area (Å²) in [5.41, 5.74) is 6.88. The van der Waals surface area contributed by atoms with Gasteiger partial charge in [0.2, 0.25) is 0 Å². The smallest absolute Gasteiger partial charge is 0.165 e. The van der Waals surface area contributed by atoms with Crippen molar-refractivity contribution < 1.29 is 14.9 Å². The molecule has 102 valence electrons. The van der Waals surface area contributed by atoms with Crippen LogP contribution >= 0.6 is 0 Å². The quantitative estimate of drug-likeness (QED) is 0.657. The molecular weight excluding hydrogens is 250 g/mol. The molecule has 8 heteroatoms. The zero-order valence-electron chi connectivity index (χ0n) is 10.2. The lowest BCUT2D eigenvalue weighted by Gasteiger charge is -2.17. The van der Waals surface area contributed by atoms with Crippen LogP contribution in [0.25, 0.3) is 11.2 Å². The van der Waals surface area contributed by atoms with Crippen molar-refractivity contribution in [3.63, 3.8) is 0 Å². The zero-order valence-corrected chi connectivity index (χ0v) is 10.2. The number of rotatable bonds is 3. The summed E-state index contributed by atoms with van der Waals surface area (Å²) in [6.45, 7) is -0.196. The third-order valence-corrected chi connectivity index (χ3v) is 3.43. The van der Waals surface area contributed by atoms with E-state index in [0.29, 0.717) is 23.4 Å². The van der Waals surface area contributed by atoms with Crippen molar-refractivity contribution in [2.45, 2.75) is 24.7 Å². The fraction of sp³-hybridized carbons (Fsp3) is 0.545. The first-order chi connectivity index (χ1) is 9.24. The number of fused-ring (bicyclic) bond motifs is 1. The molecule has 3 atom stereocenters. The Bertz CT molecular complexity index is 587. The Morgan fingerprint density at radius 3 is 2.89 bits per heavy atom. The first kappa shape index (κ1) is 12.3. The van der Waals surface area contributed by atoms with Crippen molar-refractivity contribution in [3.05, 3.63) is 12.7 Å². The largest absolute Gasteiger partial charge is 0.394 e. The molecule has 0 bridgehead atoms. The summed E-state index contributed by atoms with van der Waals surface area (Å²) in [6.07, 6.45) is 2.93. The van der Waals surface area contributed by atoms with Gasteiger partial charge in [-0.15, -0.1) is 0 Å². The standard InChI is InChI=1S/C11H15N5O3/c12-10-9-11(14-4-13-10)16(5-15-9)7-1-6(2-17)19-8(7)3-18/h4-8,17-18H,1-3H2,(H2,12,13,14)/t6-,7+,8+/m1/s1. The van der Waals surface area contributed by atoms with E-state index in [1.54, 1.807) is 6.33 Å². The first-order valence-electron chi connectivity index (χ1n) is 6.04. The molecule has 0 spiro atoms. The predicted octanol–water partition coefficient (Wildman–Crippen LogP) is -0.908. The molecule has 1 saturated heterocycles. The van der Waals surface area contributed by atoms with Crippen LogP contribution in [0.15, 0.2) is 12.7 Å². The highest BCUT2D eigenvalue weighted by atomic mass is 16.5. The van der Waals surface area contributed by atoms with E-state index in [2.05, 4.69) is 15.0 Å². The number of nitrogens with two attached hydrogens (primary N) is 1. The highest BCUT2D eigenvalue weighted by molar-refractivity contribution is 5.81. The van der Waals surface area contributed by atoms with Crippen LogP contribution in [0, 0.1) is 0 Å². The fourth-order valence-corrected chi connectivity index (χ4v) is 2.50. The van der Waals surface area contributed by atoms with Gasteiger partial charge in [0.1, 0.15) is 17.9 Å². The molecule has 0 radical (unpaired) electrons. The topological polar surface area (TPSA) is 119 Å². The minimum absolute atomic E-state index is 0.0727. The number of aliphatic hydroxyl groups excluding tert-OH is 2. The number of anilines is 1. The van der Waals surface area contributed by atoms with Gasteiger partial charge >= 0.3 is 0 Å². The second-order valence-electron chi connectivity index (χ2n) is 4.55. The van der Waals surface area contributed by atoms with Gasteiger partial charge in [-0.05, 0) is 6.42 Å². The fourth-order valence-electron chi connectivity index (χ4n) is 2.50. The number of aliphatic hydroxyl groups is 2. The SMILES string of the molecule is Nc1ncnc2c1ncn2[C@H]1C[C@H](CO)O[C@H]1CO. The molecule has 1 aliphatic heterocycles. The van der Waals surface area contributed by atoms with Gasteiger partial charge in [0, 0.05) is 0 Å². The van der Waals surface area contributed by atoms with Crippen molar-refractivity contribution in [1.82, 2.24) is 19.5 Å². The van der Waals surface area contributed by atoms with E-state index in [9.17, 15) is 10.2 Å². The molecule has 0 aliphatic carbocycles. The van der Waals surface area contributed by atoms with Crippen LogP contribution < -0.4 is 5.73 Å². The molecule has 2 aromatic heterocycles. The Balaban J connectivity index is 2.02. The summed E-state index contributed by atoms with van der Waals surface area (Å²) in [4.78, 5) is 12.3. The van der Waals surface area contributed by atoms with Crippen LogP contribution in [-0.2, 0) is 4.74 Å². The van der Waals surface area contributed by atoms with E-state index in [-0.39, 0.29) is 31.5 Å². The monoisotopic (exact) mass is 265 g/mol. The van der Waals surface area contributed by atoms with Gasteiger partial charge in [-0.2, -0.15) is 0 Å². The predicted molar refractivity (Wildman–Crippen MR) is 66.2 cm³/mol. The van der Waals surface area contributed by atoms with E-state index < -0.39 is 0 Å². The van der Waals surface area contributed by atoms with Gasteiger partial charge in [0.15, 0.2) is 11.5 Å². The van der Waals surface area contributed by atoms with Gasteiger partial charge in [-0.25, -0.2) is 15.0 Å². The van der Waals surface area contributed by atoms with Crippen LogP contribution in [-0.4, -0.2) is 55.2 Å². The van der Waals surface area contributed by atoms with Gasteiger partial charge < -0.3 is 25.3 Å². The van der Waals surface area contributed by atoms with Gasteiger partial charge in [0.05, 0.1) is 31.7 Å². The van der Waals surface area contributed by atoms with E-state index in [1.807, 2.05) is 4.57 Å². The summed E-state index contributed by atoms with van der Waals surface area (Å²) in [5.74, 6) is 0.321. The molecule has 0 aromatic carbocycles. The summed E-state index contributed by atoms with van der Waals surface area (Å²) in [6, 6.07) is -0.124. The minimum atomic E-state index is -0.384. The molecule has 0 unspecified atom stereocenters. The lowest BCUT2D eigenvalue weighted by Crippen LogP contribution is -2.23. The van der Waals surface area contributed by atoms with E-state index in [4.69, 9.17) is 10.5 Å². The molecule has 19 heavy (non-hydrogen) atoms. The van der Waals surface area contributed by atoms with Crippen molar-refractivity contribution in [2.75, 3.05) is 18.9 Å². The maximum atomic E-state index is 9.38. The molecule has 0 saturated carbocycles. The van der Waals surface area contributed by atoms with Crippen LogP contribution in [0.4, 0.5) is 5.82 Å². The van der Waals surface area contributed by atoms with Crippen molar-refractivity contribution in [2.24, 2.45) is 0 Å². The molecule has 3 rings (SSSR count). The third kappa shape index (κ3) is 1.93. The Kier molecular flexibility index (Phi) is 3.05. The number of ether oxygens (including phenoxy) is 1. The van der Waals surface area contributed by atoms with Crippen LogP contribution in [0.3, 0.4) is 0 Å². The maximum absolute atomic E-state index is 9.38. The number of nitrogens with zero attached hydrogens (tertiary/aromatic N) is 4. The molecule has 8 nitrogen and oxygen atoms in total. The Morgan fingerprint density at radius 1 is 1.32 bits per heavy atom. The molecule has 3 heterocycles. The highest BCUT2D eigenvalue weighted by Gasteiger charge is 2.36. The normalized spacial score (nSPS) is 27.2. The molecule has 1 aliphatic rings. The number of nitrogen functional groups attached to an aromatic ring is 1. The number of aromatic nitrogens is 4. The summed E-state index contributed by atoms with van der Waals surface area (Å²) in [5, 5.41) is 18.6. The van der Waals surface area contributed by atoms with E-state index in [1.165, 1.54) is 6.33 Å². The van der Waals surface area contributed by atoms with E-state index in [0.717, 1.165) is 0 Å². The van der Waals surface area contributed by atoms with Crippen LogP contribution in [0.1, 0.15) is 12.5 Å². The van der Waals surface area contributed by atoms with Gasteiger partial charge in [0.25, 0.3) is 0 Å². The Labute approximate surface area is 108 Å². The lowest BCUT2D eigenvalue weighted by molar-refractivity contribution is -0.0190. The average molecular weight is 265 g/mol. The number of imidazole rings is 1. The third-order valence-electron chi connectivity index (χ3n) is 3.43. The summed E-state index contributed by atoms with van der Waals surface area (Å²) >= 11 is 0. The molecule has 1 fully saturated rings. The van der Waals surface area contributed by atoms with Crippen molar-refractivity contribution in [1.29, 1.82) is 0 Å². The molecule has 0 amide bonds. The lowest BCUT2D eigenvalue weighted by atomic mass is 10.1.